The molecular formula is C9H16N6OS. The third-order valence-electron chi connectivity index (χ3n) is 2.87. The van der Waals surface area contributed by atoms with Crippen LogP contribution in [0.1, 0.15) is 19.0 Å². The van der Waals surface area contributed by atoms with E-state index in [0.717, 1.165) is 23.7 Å². The number of carbonyl (C=O) groups excluding carboxylic acids is 1. The first kappa shape index (κ1) is 12.2. The minimum atomic E-state index is -0.0870. The van der Waals surface area contributed by atoms with Crippen LogP contribution in [0.25, 0.3) is 0 Å². The van der Waals surface area contributed by atoms with Crippen LogP contribution >= 0.6 is 11.5 Å². The molecule has 4 N–H and O–H groups in total. The van der Waals surface area contributed by atoms with Crippen LogP contribution < -0.4 is 16.6 Å². The second-order valence-electron chi connectivity index (χ2n) is 3.88. The van der Waals surface area contributed by atoms with Crippen LogP contribution in [-0.2, 0) is 11.3 Å². The lowest BCUT2D eigenvalue weighted by atomic mass is 10.1. The molecule has 8 heteroatoms. The van der Waals surface area contributed by atoms with Crippen molar-refractivity contribution in [3.8, 4) is 0 Å². The standard InChI is InChI=1S/C9H16N6OS/c1-2-7-8(16)11-3-4-15(7)5-6-9(12-10)17-14-13-6/h7,12H,2-5,10H2,1H3,(H,11,16). The number of hydrogen-bond acceptors (Lipinski definition) is 7. The van der Waals surface area contributed by atoms with Gasteiger partial charge >= 0.3 is 0 Å². The number of anilines is 1. The van der Waals surface area contributed by atoms with Crippen molar-refractivity contribution >= 4 is 22.4 Å². The lowest BCUT2D eigenvalue weighted by molar-refractivity contribution is -0.129. The molecular weight excluding hydrogens is 240 g/mol. The van der Waals surface area contributed by atoms with Crippen LogP contribution in [0.2, 0.25) is 0 Å². The molecule has 1 aliphatic heterocycles. The monoisotopic (exact) mass is 256 g/mol. The Hall–Kier alpha value is -1.25. The van der Waals surface area contributed by atoms with Gasteiger partial charge in [-0.15, -0.1) is 5.10 Å². The lowest BCUT2D eigenvalue weighted by Gasteiger charge is -2.33. The molecule has 1 unspecified atom stereocenters. The Labute approximate surface area is 104 Å². The summed E-state index contributed by atoms with van der Waals surface area (Å²) in [7, 11) is 0. The summed E-state index contributed by atoms with van der Waals surface area (Å²) in [6.07, 6.45) is 0.786. The van der Waals surface area contributed by atoms with E-state index >= 15 is 0 Å². The van der Waals surface area contributed by atoms with E-state index < -0.39 is 0 Å². The predicted molar refractivity (Wildman–Crippen MR) is 65.2 cm³/mol. The largest absolute Gasteiger partial charge is 0.353 e. The number of nitrogens with zero attached hydrogens (tertiary/aromatic N) is 3. The molecule has 1 atom stereocenters. The Morgan fingerprint density at radius 1 is 1.71 bits per heavy atom. The van der Waals surface area contributed by atoms with Gasteiger partial charge in [-0.2, -0.15) is 0 Å². The van der Waals surface area contributed by atoms with Gasteiger partial charge in [0.25, 0.3) is 0 Å². The van der Waals surface area contributed by atoms with E-state index in [-0.39, 0.29) is 11.9 Å². The highest BCUT2D eigenvalue weighted by Gasteiger charge is 2.29. The van der Waals surface area contributed by atoms with Crippen molar-refractivity contribution < 1.29 is 4.79 Å². The Kier molecular flexibility index (Phi) is 3.87. The molecule has 17 heavy (non-hydrogen) atoms. The molecule has 2 rings (SSSR count). The molecule has 0 saturated carbocycles. The first-order valence-corrected chi connectivity index (χ1v) is 6.33. The van der Waals surface area contributed by atoms with Gasteiger partial charge in [0.2, 0.25) is 5.91 Å². The van der Waals surface area contributed by atoms with Gasteiger partial charge in [-0.1, -0.05) is 11.4 Å². The minimum absolute atomic E-state index is 0.0870. The van der Waals surface area contributed by atoms with Crippen LogP contribution in [0.15, 0.2) is 0 Å². The van der Waals surface area contributed by atoms with E-state index in [1.807, 2.05) is 6.92 Å². The fourth-order valence-electron chi connectivity index (χ4n) is 2.01. The molecule has 1 aromatic rings. The predicted octanol–water partition coefficient (Wildman–Crippen LogP) is -0.466. The van der Waals surface area contributed by atoms with E-state index in [2.05, 4.69) is 25.2 Å². The highest BCUT2D eigenvalue weighted by atomic mass is 32.1. The molecule has 1 fully saturated rings. The van der Waals surface area contributed by atoms with Crippen LogP contribution in [0.5, 0.6) is 0 Å². The van der Waals surface area contributed by atoms with Gasteiger partial charge < -0.3 is 10.7 Å². The number of nitrogens with one attached hydrogen (secondary N) is 2. The maximum atomic E-state index is 11.7. The van der Waals surface area contributed by atoms with Gasteiger partial charge in [0.1, 0.15) is 10.7 Å². The van der Waals surface area contributed by atoms with Gasteiger partial charge in [-0.3, -0.25) is 9.69 Å². The summed E-state index contributed by atoms with van der Waals surface area (Å²) in [5.74, 6) is 5.46. The van der Waals surface area contributed by atoms with E-state index in [1.165, 1.54) is 11.5 Å². The van der Waals surface area contributed by atoms with Gasteiger partial charge in [-0.25, -0.2) is 5.84 Å². The second-order valence-corrected chi connectivity index (χ2v) is 4.63. The number of carbonyl (C=O) groups is 1. The third-order valence-corrected chi connectivity index (χ3v) is 3.57. The molecule has 0 bridgehead atoms. The Balaban J connectivity index is 2.09. The van der Waals surface area contributed by atoms with E-state index in [9.17, 15) is 4.79 Å². The second kappa shape index (κ2) is 5.39. The summed E-state index contributed by atoms with van der Waals surface area (Å²) in [6, 6.07) is -0.0870. The van der Waals surface area contributed by atoms with Crippen LogP contribution in [0.4, 0.5) is 5.00 Å². The van der Waals surface area contributed by atoms with Gasteiger partial charge in [-0.05, 0) is 6.42 Å². The zero-order chi connectivity index (χ0) is 12.3. The zero-order valence-electron chi connectivity index (χ0n) is 9.64. The van der Waals surface area contributed by atoms with Crippen molar-refractivity contribution in [2.45, 2.75) is 25.9 Å². The summed E-state index contributed by atoms with van der Waals surface area (Å²) in [5.41, 5.74) is 3.37. The number of hydrogen-bond donors (Lipinski definition) is 3. The van der Waals surface area contributed by atoms with Crippen molar-refractivity contribution in [2.24, 2.45) is 5.84 Å². The Morgan fingerprint density at radius 3 is 3.24 bits per heavy atom. The van der Waals surface area contributed by atoms with Crippen LogP contribution in [0, 0.1) is 0 Å². The van der Waals surface area contributed by atoms with Crippen molar-refractivity contribution in [3.63, 3.8) is 0 Å². The fourth-order valence-corrected chi connectivity index (χ4v) is 2.49. The van der Waals surface area contributed by atoms with Crippen molar-refractivity contribution in [1.29, 1.82) is 0 Å². The highest BCUT2D eigenvalue weighted by molar-refractivity contribution is 7.10. The molecule has 0 radical (unpaired) electrons. The topological polar surface area (TPSA) is 96.2 Å². The molecule has 1 amide bonds. The molecule has 0 aromatic carbocycles. The third kappa shape index (κ3) is 2.54. The summed E-state index contributed by atoms with van der Waals surface area (Å²) in [4.78, 5) is 13.8. The molecule has 0 spiro atoms. The van der Waals surface area contributed by atoms with Crippen LogP contribution in [0.3, 0.4) is 0 Å². The maximum Gasteiger partial charge on any atom is 0.237 e. The molecule has 1 aliphatic rings. The number of hydrazine groups is 1. The summed E-state index contributed by atoms with van der Waals surface area (Å²) in [6.45, 7) is 4.11. The van der Waals surface area contributed by atoms with Crippen molar-refractivity contribution in [2.75, 3.05) is 18.5 Å². The van der Waals surface area contributed by atoms with Gasteiger partial charge in [0.05, 0.1) is 6.04 Å². The number of rotatable bonds is 4. The number of nitrogens with two attached hydrogens (primary N) is 1. The molecule has 94 valence electrons. The maximum absolute atomic E-state index is 11.7. The first-order valence-electron chi connectivity index (χ1n) is 5.55. The van der Waals surface area contributed by atoms with Crippen molar-refractivity contribution in [1.82, 2.24) is 19.8 Å². The number of piperazine rings is 1. The molecule has 1 aromatic heterocycles. The van der Waals surface area contributed by atoms with E-state index in [4.69, 9.17) is 5.84 Å². The molecule has 2 heterocycles. The average Bonchev–Trinajstić information content (AvgIpc) is 2.77. The highest BCUT2D eigenvalue weighted by Crippen LogP contribution is 2.20. The Morgan fingerprint density at radius 2 is 2.53 bits per heavy atom. The summed E-state index contributed by atoms with van der Waals surface area (Å²) >= 11 is 1.22. The smallest absolute Gasteiger partial charge is 0.237 e. The molecule has 7 nitrogen and oxygen atoms in total. The normalized spacial score (nSPS) is 21.3. The number of nitrogen functional groups attached to an aromatic ring is 1. The lowest BCUT2D eigenvalue weighted by Crippen LogP contribution is -2.54. The SMILES string of the molecule is CCC1C(=O)NCCN1Cc1nnsc1NN. The minimum Gasteiger partial charge on any atom is -0.353 e. The van der Waals surface area contributed by atoms with Gasteiger partial charge in [0, 0.05) is 31.2 Å². The molecule has 1 saturated heterocycles. The van der Waals surface area contributed by atoms with Crippen molar-refractivity contribution in [3.05, 3.63) is 5.69 Å². The number of aromatic nitrogens is 2. The summed E-state index contributed by atoms with van der Waals surface area (Å²) < 4.78 is 3.85. The number of amides is 1. The van der Waals surface area contributed by atoms with E-state index in [1.54, 1.807) is 0 Å². The zero-order valence-corrected chi connectivity index (χ0v) is 10.5. The van der Waals surface area contributed by atoms with E-state index in [0.29, 0.717) is 13.1 Å². The quantitative estimate of drug-likeness (QED) is 0.498. The molecule has 0 aliphatic carbocycles. The van der Waals surface area contributed by atoms with Gasteiger partial charge in [0.15, 0.2) is 0 Å². The Bertz CT molecular complexity index is 395. The average molecular weight is 256 g/mol. The van der Waals surface area contributed by atoms with Crippen LogP contribution in [-0.4, -0.2) is 39.5 Å². The summed E-state index contributed by atoms with van der Waals surface area (Å²) in [5, 5.41) is 7.65. The fraction of sp³-hybridized carbons (Fsp3) is 0.667. The first-order chi connectivity index (χ1) is 8.26.